The van der Waals surface area contributed by atoms with Crippen molar-refractivity contribution in [2.75, 3.05) is 0 Å². The molecule has 3 heteroatoms. The Morgan fingerprint density at radius 1 is 1.36 bits per heavy atom. The summed E-state index contributed by atoms with van der Waals surface area (Å²) in [5.74, 6) is 0. The minimum absolute atomic E-state index is 0.0737. The molecule has 0 aliphatic heterocycles. The number of nitrogens with one attached hydrogen (secondary N) is 1. The number of fused-ring (bicyclic) bond motifs is 1. The third kappa shape index (κ3) is 1.42. The molecule has 3 N–H and O–H groups in total. The van der Waals surface area contributed by atoms with E-state index in [1.165, 1.54) is 0 Å². The average molecular weight is 188 g/mol. The van der Waals surface area contributed by atoms with Crippen LogP contribution in [-0.4, -0.2) is 4.98 Å². The van der Waals surface area contributed by atoms with Gasteiger partial charge in [0.15, 0.2) is 0 Å². The van der Waals surface area contributed by atoms with Crippen molar-refractivity contribution in [3.8, 4) is 0 Å². The van der Waals surface area contributed by atoms with Gasteiger partial charge >= 0.3 is 0 Å². The molecule has 2 aromatic rings. The van der Waals surface area contributed by atoms with Crippen LogP contribution in [0.15, 0.2) is 35.1 Å². The summed E-state index contributed by atoms with van der Waals surface area (Å²) in [5.41, 5.74) is 6.40. The molecular formula is C11H12N2O. The molecule has 0 saturated carbocycles. The predicted molar refractivity (Wildman–Crippen MR) is 57.2 cm³/mol. The second-order valence-corrected chi connectivity index (χ2v) is 3.43. The average Bonchev–Trinajstić information content (AvgIpc) is 2.17. The Kier molecular flexibility index (Phi) is 2.09. The van der Waals surface area contributed by atoms with E-state index < -0.39 is 0 Å². The largest absolute Gasteiger partial charge is 0.324 e. The fourth-order valence-electron chi connectivity index (χ4n) is 1.48. The molecular weight excluding hydrogens is 176 g/mol. The van der Waals surface area contributed by atoms with Crippen LogP contribution in [0.5, 0.6) is 0 Å². The maximum atomic E-state index is 11.6. The first-order valence-corrected chi connectivity index (χ1v) is 4.56. The monoisotopic (exact) mass is 188 g/mol. The zero-order valence-corrected chi connectivity index (χ0v) is 7.95. The van der Waals surface area contributed by atoms with Gasteiger partial charge in [-0.1, -0.05) is 18.2 Å². The van der Waals surface area contributed by atoms with E-state index in [2.05, 4.69) is 4.98 Å². The molecule has 0 fully saturated rings. The van der Waals surface area contributed by atoms with Crippen LogP contribution in [0.2, 0.25) is 0 Å². The lowest BCUT2D eigenvalue weighted by Gasteiger charge is -2.06. The van der Waals surface area contributed by atoms with E-state index in [4.69, 9.17) is 5.73 Å². The normalized spacial score (nSPS) is 13.0. The first-order chi connectivity index (χ1) is 6.68. The van der Waals surface area contributed by atoms with Crippen molar-refractivity contribution in [3.63, 3.8) is 0 Å². The molecule has 1 atom stereocenters. The third-order valence-corrected chi connectivity index (χ3v) is 2.26. The maximum absolute atomic E-state index is 11.6. The number of rotatable bonds is 1. The van der Waals surface area contributed by atoms with Gasteiger partial charge in [0.1, 0.15) is 0 Å². The molecule has 0 spiro atoms. The second kappa shape index (κ2) is 3.27. The highest BCUT2D eigenvalue weighted by atomic mass is 16.1. The summed E-state index contributed by atoms with van der Waals surface area (Å²) in [6.07, 6.45) is 0. The Morgan fingerprint density at radius 2 is 2.07 bits per heavy atom. The van der Waals surface area contributed by atoms with Gasteiger partial charge in [0.05, 0.1) is 0 Å². The van der Waals surface area contributed by atoms with Crippen LogP contribution in [0.25, 0.3) is 10.8 Å². The van der Waals surface area contributed by atoms with Crippen molar-refractivity contribution in [1.29, 1.82) is 0 Å². The number of aromatic nitrogens is 1. The van der Waals surface area contributed by atoms with Gasteiger partial charge in [-0.3, -0.25) is 4.79 Å². The first-order valence-electron chi connectivity index (χ1n) is 4.56. The molecule has 1 aromatic carbocycles. The Bertz CT molecular complexity index is 514. The van der Waals surface area contributed by atoms with Crippen LogP contribution >= 0.6 is 0 Å². The summed E-state index contributed by atoms with van der Waals surface area (Å²) < 4.78 is 0. The Balaban J connectivity index is 2.79. The van der Waals surface area contributed by atoms with Crippen LogP contribution in [0.3, 0.4) is 0 Å². The lowest BCUT2D eigenvalue weighted by atomic mass is 10.1. The van der Waals surface area contributed by atoms with Gasteiger partial charge in [0.25, 0.3) is 5.56 Å². The number of nitrogens with two attached hydrogens (primary N) is 1. The van der Waals surface area contributed by atoms with Crippen LogP contribution < -0.4 is 11.3 Å². The molecule has 2 rings (SSSR count). The van der Waals surface area contributed by atoms with Crippen molar-refractivity contribution in [2.45, 2.75) is 13.0 Å². The van der Waals surface area contributed by atoms with Crippen LogP contribution in [0, 0.1) is 0 Å². The van der Waals surface area contributed by atoms with Crippen molar-refractivity contribution in [3.05, 3.63) is 46.4 Å². The van der Waals surface area contributed by atoms with E-state index in [-0.39, 0.29) is 11.6 Å². The molecule has 0 saturated heterocycles. The standard InChI is InChI=1S/C11H12N2O/c1-7(12)10-6-8-4-2-3-5-9(8)11(14)13-10/h2-7H,12H2,1H3,(H,13,14). The number of H-pyrrole nitrogens is 1. The summed E-state index contributed by atoms with van der Waals surface area (Å²) >= 11 is 0. The molecule has 3 nitrogen and oxygen atoms in total. The zero-order valence-electron chi connectivity index (χ0n) is 7.95. The number of benzene rings is 1. The number of pyridine rings is 1. The molecule has 14 heavy (non-hydrogen) atoms. The lowest BCUT2D eigenvalue weighted by Crippen LogP contribution is -2.15. The third-order valence-electron chi connectivity index (χ3n) is 2.26. The van der Waals surface area contributed by atoms with Gasteiger partial charge in [-0.15, -0.1) is 0 Å². The minimum Gasteiger partial charge on any atom is -0.324 e. The summed E-state index contributed by atoms with van der Waals surface area (Å²) in [7, 11) is 0. The molecule has 0 aliphatic carbocycles. The van der Waals surface area contributed by atoms with E-state index in [1.807, 2.05) is 31.2 Å². The van der Waals surface area contributed by atoms with Gasteiger partial charge in [0, 0.05) is 17.1 Å². The topological polar surface area (TPSA) is 58.9 Å². The highest BCUT2D eigenvalue weighted by Crippen LogP contribution is 2.12. The highest BCUT2D eigenvalue weighted by Gasteiger charge is 2.03. The van der Waals surface area contributed by atoms with Crippen LogP contribution in [0.1, 0.15) is 18.7 Å². The van der Waals surface area contributed by atoms with Gasteiger partial charge in [0.2, 0.25) is 0 Å². The SMILES string of the molecule is CC(N)c1cc2ccccc2c(=O)[nH]1. The van der Waals surface area contributed by atoms with Gasteiger partial charge in [-0.25, -0.2) is 0 Å². The predicted octanol–water partition coefficient (Wildman–Crippen LogP) is 1.55. The molecule has 0 bridgehead atoms. The number of hydrogen-bond donors (Lipinski definition) is 2. The summed E-state index contributed by atoms with van der Waals surface area (Å²) in [6.45, 7) is 1.85. The zero-order chi connectivity index (χ0) is 10.1. The first kappa shape index (κ1) is 8.97. The van der Waals surface area contributed by atoms with E-state index in [0.29, 0.717) is 5.39 Å². The molecule has 1 unspecified atom stereocenters. The molecule has 0 radical (unpaired) electrons. The fourth-order valence-corrected chi connectivity index (χ4v) is 1.48. The lowest BCUT2D eigenvalue weighted by molar-refractivity contribution is 0.779. The van der Waals surface area contributed by atoms with Crippen molar-refractivity contribution >= 4 is 10.8 Å². The second-order valence-electron chi connectivity index (χ2n) is 3.43. The number of hydrogen-bond acceptors (Lipinski definition) is 2. The molecule has 72 valence electrons. The van der Waals surface area contributed by atoms with Gasteiger partial charge < -0.3 is 10.7 Å². The van der Waals surface area contributed by atoms with Crippen molar-refractivity contribution in [1.82, 2.24) is 4.98 Å². The van der Waals surface area contributed by atoms with E-state index in [9.17, 15) is 4.79 Å². The Labute approximate surface area is 81.6 Å². The van der Waals surface area contributed by atoms with Crippen LogP contribution in [0.4, 0.5) is 0 Å². The maximum Gasteiger partial charge on any atom is 0.256 e. The van der Waals surface area contributed by atoms with E-state index in [1.54, 1.807) is 6.07 Å². The number of aromatic amines is 1. The van der Waals surface area contributed by atoms with Crippen LogP contribution in [-0.2, 0) is 0 Å². The summed E-state index contributed by atoms with van der Waals surface area (Å²) in [4.78, 5) is 14.4. The van der Waals surface area contributed by atoms with Gasteiger partial charge in [-0.05, 0) is 24.4 Å². The Morgan fingerprint density at radius 3 is 2.79 bits per heavy atom. The van der Waals surface area contributed by atoms with Crippen molar-refractivity contribution < 1.29 is 0 Å². The summed E-state index contributed by atoms with van der Waals surface area (Å²) in [6, 6.07) is 9.25. The highest BCUT2D eigenvalue weighted by molar-refractivity contribution is 5.81. The molecule has 1 aromatic heterocycles. The summed E-state index contributed by atoms with van der Waals surface area (Å²) in [5, 5.41) is 1.64. The van der Waals surface area contributed by atoms with E-state index in [0.717, 1.165) is 11.1 Å². The Hall–Kier alpha value is -1.61. The van der Waals surface area contributed by atoms with E-state index >= 15 is 0 Å². The van der Waals surface area contributed by atoms with Crippen molar-refractivity contribution in [2.24, 2.45) is 5.73 Å². The smallest absolute Gasteiger partial charge is 0.256 e. The minimum atomic E-state index is -0.146. The fraction of sp³-hybridized carbons (Fsp3) is 0.182. The van der Waals surface area contributed by atoms with Gasteiger partial charge in [-0.2, -0.15) is 0 Å². The molecule has 0 amide bonds. The quantitative estimate of drug-likeness (QED) is 0.713. The molecule has 0 aliphatic rings. The molecule has 1 heterocycles.